The summed E-state index contributed by atoms with van der Waals surface area (Å²) in [4.78, 5) is 8.18. The van der Waals surface area contributed by atoms with Crippen molar-refractivity contribution < 1.29 is 9.84 Å². The van der Waals surface area contributed by atoms with Crippen LogP contribution < -0.4 is 4.74 Å². The largest absolute Gasteiger partial charge is 0.493 e. The number of nitrogens with zero attached hydrogens (tertiary/aromatic N) is 2. The van der Waals surface area contributed by atoms with Crippen molar-refractivity contribution in [1.82, 2.24) is 9.97 Å². The van der Waals surface area contributed by atoms with Gasteiger partial charge in [-0.25, -0.2) is 4.98 Å². The Hall–Kier alpha value is -2.03. The third-order valence-corrected chi connectivity index (χ3v) is 3.16. The highest BCUT2D eigenvalue weighted by Gasteiger charge is 1.97. The molecule has 1 aromatic carbocycles. The minimum Gasteiger partial charge on any atom is -0.493 e. The number of aromatic nitrogens is 2. The maximum Gasteiger partial charge on any atom is 0.120 e. The number of aliphatic hydroxyl groups excluding tert-OH is 1. The molecule has 0 fully saturated rings. The van der Waals surface area contributed by atoms with Gasteiger partial charge in [-0.15, -0.1) is 11.8 Å². The fraction of sp³-hybridized carbons (Fsp3) is 0.200. The van der Waals surface area contributed by atoms with Gasteiger partial charge in [0.05, 0.1) is 12.8 Å². The first-order valence-corrected chi connectivity index (χ1v) is 7.08. The van der Waals surface area contributed by atoms with Crippen LogP contribution in [-0.4, -0.2) is 34.0 Å². The summed E-state index contributed by atoms with van der Waals surface area (Å²) in [7, 11) is 0. The van der Waals surface area contributed by atoms with Crippen molar-refractivity contribution in [1.29, 1.82) is 0 Å². The average Bonchev–Trinajstić information content (AvgIpc) is 2.51. The molecular weight excluding hydrogens is 272 g/mol. The normalized spacial score (nSPS) is 9.65. The van der Waals surface area contributed by atoms with E-state index >= 15 is 0 Å². The monoisotopic (exact) mass is 286 g/mol. The molecule has 0 radical (unpaired) electrons. The molecule has 1 aromatic heterocycles. The van der Waals surface area contributed by atoms with E-state index in [2.05, 4.69) is 21.8 Å². The highest BCUT2D eigenvalue weighted by atomic mass is 32.2. The van der Waals surface area contributed by atoms with Crippen molar-refractivity contribution >= 4 is 11.8 Å². The Balaban J connectivity index is 1.79. The van der Waals surface area contributed by atoms with Crippen LogP contribution in [0.4, 0.5) is 0 Å². The smallest absolute Gasteiger partial charge is 0.120 e. The Morgan fingerprint density at radius 1 is 1.30 bits per heavy atom. The maximum absolute atomic E-state index is 8.66. The zero-order chi connectivity index (χ0) is 14.0. The molecule has 2 aromatic rings. The molecule has 0 spiro atoms. The highest BCUT2D eigenvalue weighted by molar-refractivity contribution is 7.99. The lowest BCUT2D eigenvalue weighted by Crippen LogP contribution is -2.00. The summed E-state index contributed by atoms with van der Waals surface area (Å²) in [5.41, 5.74) is 0.832. The van der Waals surface area contributed by atoms with Crippen molar-refractivity contribution in [3.8, 4) is 17.6 Å². The molecule has 0 aliphatic heterocycles. The standard InChI is InChI=1S/C15H14N2O2S/c18-8-2-4-13-3-1-5-14(11-13)19-9-10-20-15-12-16-6-7-17-15/h1,3,5-7,11-12,18H,8-10H2. The molecule has 0 amide bonds. The molecule has 0 atom stereocenters. The minimum atomic E-state index is -0.139. The quantitative estimate of drug-likeness (QED) is 0.517. The van der Waals surface area contributed by atoms with Gasteiger partial charge in [-0.05, 0) is 18.2 Å². The van der Waals surface area contributed by atoms with E-state index in [1.165, 1.54) is 0 Å². The number of benzene rings is 1. The summed E-state index contributed by atoms with van der Waals surface area (Å²) in [6, 6.07) is 7.50. The zero-order valence-electron chi connectivity index (χ0n) is 10.8. The van der Waals surface area contributed by atoms with Gasteiger partial charge in [0, 0.05) is 23.7 Å². The number of hydrogen-bond donors (Lipinski definition) is 1. The van der Waals surface area contributed by atoms with Gasteiger partial charge in [-0.1, -0.05) is 17.9 Å². The molecule has 4 nitrogen and oxygen atoms in total. The Morgan fingerprint density at radius 3 is 3.05 bits per heavy atom. The fourth-order valence-corrected chi connectivity index (χ4v) is 2.12. The van der Waals surface area contributed by atoms with Crippen LogP contribution in [0.5, 0.6) is 5.75 Å². The van der Waals surface area contributed by atoms with Crippen LogP contribution in [0, 0.1) is 11.8 Å². The van der Waals surface area contributed by atoms with Crippen LogP contribution in [0.1, 0.15) is 5.56 Å². The van der Waals surface area contributed by atoms with E-state index in [-0.39, 0.29) is 6.61 Å². The van der Waals surface area contributed by atoms with Crippen LogP contribution in [0.15, 0.2) is 47.9 Å². The number of aliphatic hydroxyl groups is 1. The van der Waals surface area contributed by atoms with Crippen LogP contribution in [0.2, 0.25) is 0 Å². The molecule has 1 N–H and O–H groups in total. The van der Waals surface area contributed by atoms with E-state index in [4.69, 9.17) is 9.84 Å². The number of thioether (sulfide) groups is 1. The Kier molecular flexibility index (Phi) is 5.90. The molecule has 0 unspecified atom stereocenters. The molecule has 0 saturated carbocycles. The lowest BCUT2D eigenvalue weighted by Gasteiger charge is -2.05. The van der Waals surface area contributed by atoms with Gasteiger partial charge in [-0.2, -0.15) is 0 Å². The van der Waals surface area contributed by atoms with Crippen LogP contribution >= 0.6 is 11.8 Å². The highest BCUT2D eigenvalue weighted by Crippen LogP contribution is 2.15. The zero-order valence-corrected chi connectivity index (χ0v) is 11.6. The Labute approximate surface area is 122 Å². The third-order valence-electron chi connectivity index (χ3n) is 2.29. The first kappa shape index (κ1) is 14.4. The molecule has 20 heavy (non-hydrogen) atoms. The Bertz CT molecular complexity index is 594. The molecule has 1 heterocycles. The first-order valence-electron chi connectivity index (χ1n) is 6.10. The SMILES string of the molecule is OCC#Cc1cccc(OCCSc2cnccn2)c1. The van der Waals surface area contributed by atoms with Crippen molar-refractivity contribution in [2.45, 2.75) is 5.03 Å². The van der Waals surface area contributed by atoms with Crippen LogP contribution in [0.3, 0.4) is 0 Å². The van der Waals surface area contributed by atoms with Gasteiger partial charge >= 0.3 is 0 Å². The molecule has 0 saturated heterocycles. The maximum atomic E-state index is 8.66. The van der Waals surface area contributed by atoms with E-state index in [0.717, 1.165) is 22.1 Å². The summed E-state index contributed by atoms with van der Waals surface area (Å²) in [6.07, 6.45) is 5.06. The second-order valence-electron chi connectivity index (χ2n) is 3.73. The van der Waals surface area contributed by atoms with Gasteiger partial charge in [0.15, 0.2) is 0 Å². The van der Waals surface area contributed by atoms with Crippen molar-refractivity contribution in [2.75, 3.05) is 19.0 Å². The van der Waals surface area contributed by atoms with Crippen molar-refractivity contribution in [3.05, 3.63) is 48.4 Å². The second-order valence-corrected chi connectivity index (χ2v) is 4.84. The molecular formula is C15H14N2O2S. The topological polar surface area (TPSA) is 55.2 Å². The van der Waals surface area contributed by atoms with Gasteiger partial charge in [0.25, 0.3) is 0 Å². The molecule has 2 rings (SSSR count). The number of hydrogen-bond acceptors (Lipinski definition) is 5. The summed E-state index contributed by atoms with van der Waals surface area (Å²) >= 11 is 1.60. The van der Waals surface area contributed by atoms with E-state index in [0.29, 0.717) is 6.61 Å². The van der Waals surface area contributed by atoms with E-state index in [9.17, 15) is 0 Å². The lowest BCUT2D eigenvalue weighted by molar-refractivity contribution is 0.344. The minimum absolute atomic E-state index is 0.139. The predicted octanol–water partition coefficient (Wildman–Crippen LogP) is 1.99. The van der Waals surface area contributed by atoms with Gasteiger partial charge in [-0.3, -0.25) is 4.98 Å². The summed E-state index contributed by atoms with van der Waals surface area (Å²) in [5, 5.41) is 9.55. The van der Waals surface area contributed by atoms with Gasteiger partial charge < -0.3 is 9.84 Å². The molecule has 0 aliphatic rings. The van der Waals surface area contributed by atoms with Crippen molar-refractivity contribution in [2.24, 2.45) is 0 Å². The molecule has 102 valence electrons. The second kappa shape index (κ2) is 8.20. The lowest BCUT2D eigenvalue weighted by atomic mass is 10.2. The predicted molar refractivity (Wildman–Crippen MR) is 78.7 cm³/mol. The third kappa shape index (κ3) is 4.92. The first-order chi connectivity index (χ1) is 9.88. The number of ether oxygens (including phenoxy) is 1. The summed E-state index contributed by atoms with van der Waals surface area (Å²) in [6.45, 7) is 0.442. The summed E-state index contributed by atoms with van der Waals surface area (Å²) < 4.78 is 5.65. The Morgan fingerprint density at radius 2 is 2.25 bits per heavy atom. The molecule has 5 heteroatoms. The van der Waals surface area contributed by atoms with Gasteiger partial charge in [0.1, 0.15) is 17.4 Å². The van der Waals surface area contributed by atoms with E-state index in [1.807, 2.05) is 24.3 Å². The van der Waals surface area contributed by atoms with Crippen molar-refractivity contribution in [3.63, 3.8) is 0 Å². The van der Waals surface area contributed by atoms with Crippen LogP contribution in [-0.2, 0) is 0 Å². The summed E-state index contributed by atoms with van der Waals surface area (Å²) in [5.74, 6) is 7.03. The van der Waals surface area contributed by atoms with E-state index < -0.39 is 0 Å². The fourth-order valence-electron chi connectivity index (χ4n) is 1.47. The van der Waals surface area contributed by atoms with E-state index in [1.54, 1.807) is 30.4 Å². The molecule has 0 aliphatic carbocycles. The average molecular weight is 286 g/mol. The molecule has 0 bridgehead atoms. The number of rotatable bonds is 5. The van der Waals surface area contributed by atoms with Gasteiger partial charge in [0.2, 0.25) is 0 Å². The van der Waals surface area contributed by atoms with Crippen LogP contribution in [0.25, 0.3) is 0 Å².